The Bertz CT molecular complexity index is 1360. The Kier molecular flexibility index (Phi) is 6.69. The standard InChI is InChI=1S/C19H16ClN7O.C2HF3O2/c20-13-3-4-16(22-9-13)24-19(28)17-15-10-21-7-8-26(15)18(25-17)14-5-6-23-27(14)11-12-1-2-12;3-2(4,5)1(6)7/h3-10,12H,1-2,11H2,(H,22,24,28);(H,6,7). The van der Waals surface area contributed by atoms with Crippen LogP contribution < -0.4 is 5.32 Å². The Hall–Kier alpha value is -4.00. The lowest BCUT2D eigenvalue weighted by atomic mass is 10.3. The highest BCUT2D eigenvalue weighted by Gasteiger charge is 2.38. The molecule has 1 saturated carbocycles. The van der Waals surface area contributed by atoms with Crippen LogP contribution in [0.5, 0.6) is 0 Å². The van der Waals surface area contributed by atoms with Gasteiger partial charge in [-0.25, -0.2) is 14.8 Å². The summed E-state index contributed by atoms with van der Waals surface area (Å²) in [6, 6.07) is 5.22. The molecule has 4 aromatic rings. The van der Waals surface area contributed by atoms with Gasteiger partial charge in [0.2, 0.25) is 0 Å². The predicted octanol–water partition coefficient (Wildman–Crippen LogP) is 3.94. The first-order valence-corrected chi connectivity index (χ1v) is 10.6. The number of halogens is 4. The van der Waals surface area contributed by atoms with Crippen LogP contribution >= 0.6 is 11.6 Å². The minimum Gasteiger partial charge on any atom is -0.475 e. The van der Waals surface area contributed by atoms with Gasteiger partial charge in [-0.05, 0) is 37.0 Å². The number of alkyl halides is 3. The molecule has 0 radical (unpaired) electrons. The Balaban J connectivity index is 0.000000364. The first kappa shape index (κ1) is 24.1. The van der Waals surface area contributed by atoms with Crippen molar-refractivity contribution in [2.45, 2.75) is 25.6 Å². The summed E-state index contributed by atoms with van der Waals surface area (Å²) in [6.45, 7) is 0.860. The van der Waals surface area contributed by atoms with Gasteiger partial charge in [0, 0.05) is 31.3 Å². The van der Waals surface area contributed by atoms with Crippen LogP contribution in [-0.4, -0.2) is 52.3 Å². The minimum absolute atomic E-state index is 0.277. The van der Waals surface area contributed by atoms with Crippen molar-refractivity contribution in [1.82, 2.24) is 29.1 Å². The van der Waals surface area contributed by atoms with E-state index in [0.717, 1.165) is 12.2 Å². The van der Waals surface area contributed by atoms with Gasteiger partial charge in [-0.15, -0.1) is 0 Å². The van der Waals surface area contributed by atoms with Crippen molar-refractivity contribution in [2.75, 3.05) is 5.32 Å². The van der Waals surface area contributed by atoms with E-state index in [1.165, 1.54) is 19.0 Å². The van der Waals surface area contributed by atoms with E-state index in [1.54, 1.807) is 36.9 Å². The molecule has 1 fully saturated rings. The van der Waals surface area contributed by atoms with Gasteiger partial charge in [0.05, 0.1) is 16.7 Å². The minimum atomic E-state index is -5.08. The predicted molar refractivity (Wildman–Crippen MR) is 118 cm³/mol. The van der Waals surface area contributed by atoms with Gasteiger partial charge >= 0.3 is 12.1 Å². The molecule has 0 unspecified atom stereocenters. The van der Waals surface area contributed by atoms with E-state index >= 15 is 0 Å². The molecule has 2 N–H and O–H groups in total. The maximum Gasteiger partial charge on any atom is 0.490 e. The second-order valence-corrected chi connectivity index (χ2v) is 8.01. The van der Waals surface area contributed by atoms with E-state index in [2.05, 4.69) is 25.4 Å². The van der Waals surface area contributed by atoms with Crippen molar-refractivity contribution in [2.24, 2.45) is 5.92 Å². The molecule has 1 aliphatic rings. The number of rotatable bonds is 5. The van der Waals surface area contributed by atoms with Crippen molar-refractivity contribution in [3.05, 3.63) is 59.9 Å². The molecule has 35 heavy (non-hydrogen) atoms. The Morgan fingerprint density at radius 1 is 1.17 bits per heavy atom. The number of amides is 1. The maximum atomic E-state index is 12.9. The van der Waals surface area contributed by atoms with Gasteiger partial charge in [-0.2, -0.15) is 18.3 Å². The number of hydrogen-bond acceptors (Lipinski definition) is 6. The van der Waals surface area contributed by atoms with Crippen molar-refractivity contribution >= 4 is 34.8 Å². The lowest BCUT2D eigenvalue weighted by Gasteiger charge is -2.05. The summed E-state index contributed by atoms with van der Waals surface area (Å²) in [4.78, 5) is 34.6. The van der Waals surface area contributed by atoms with Gasteiger partial charge in [0.15, 0.2) is 11.5 Å². The third kappa shape index (κ3) is 5.74. The monoisotopic (exact) mass is 507 g/mol. The average Bonchev–Trinajstić information content (AvgIpc) is 3.37. The first-order chi connectivity index (χ1) is 16.6. The molecule has 182 valence electrons. The molecule has 10 nitrogen and oxygen atoms in total. The zero-order valence-corrected chi connectivity index (χ0v) is 18.5. The second kappa shape index (κ2) is 9.70. The van der Waals surface area contributed by atoms with E-state index < -0.39 is 12.1 Å². The summed E-state index contributed by atoms with van der Waals surface area (Å²) in [5.74, 6) is -1.39. The van der Waals surface area contributed by atoms with Crippen molar-refractivity contribution < 1.29 is 27.9 Å². The normalized spacial score (nSPS) is 13.3. The fourth-order valence-corrected chi connectivity index (χ4v) is 3.24. The molecular weight excluding hydrogens is 491 g/mol. The fraction of sp³-hybridized carbons (Fsp3) is 0.238. The lowest BCUT2D eigenvalue weighted by Crippen LogP contribution is -2.21. The van der Waals surface area contributed by atoms with Gasteiger partial charge < -0.3 is 10.4 Å². The summed E-state index contributed by atoms with van der Waals surface area (Å²) in [5, 5.41) is 14.8. The zero-order chi connectivity index (χ0) is 25.2. The number of aliphatic carboxylic acids is 1. The summed E-state index contributed by atoms with van der Waals surface area (Å²) < 4.78 is 35.5. The van der Waals surface area contributed by atoms with E-state index in [-0.39, 0.29) is 11.6 Å². The Morgan fingerprint density at radius 2 is 1.91 bits per heavy atom. The number of nitrogens with one attached hydrogen (secondary N) is 1. The third-order valence-corrected chi connectivity index (χ3v) is 5.17. The lowest BCUT2D eigenvalue weighted by molar-refractivity contribution is -0.192. The van der Waals surface area contributed by atoms with Crippen LogP contribution in [-0.2, 0) is 11.3 Å². The first-order valence-electron chi connectivity index (χ1n) is 10.2. The highest BCUT2D eigenvalue weighted by molar-refractivity contribution is 6.30. The molecule has 0 aromatic carbocycles. The number of anilines is 1. The number of nitrogens with zero attached hydrogens (tertiary/aromatic N) is 6. The number of aromatic nitrogens is 6. The quantitative estimate of drug-likeness (QED) is 0.419. The van der Waals surface area contributed by atoms with Gasteiger partial charge in [-0.1, -0.05) is 11.6 Å². The van der Waals surface area contributed by atoms with Crippen molar-refractivity contribution in [1.29, 1.82) is 0 Å². The second-order valence-electron chi connectivity index (χ2n) is 7.58. The van der Waals surface area contributed by atoms with E-state index in [4.69, 9.17) is 21.5 Å². The summed E-state index contributed by atoms with van der Waals surface area (Å²) in [5.41, 5.74) is 1.76. The fourth-order valence-electron chi connectivity index (χ4n) is 3.12. The molecule has 0 spiro atoms. The van der Waals surface area contributed by atoms with E-state index in [9.17, 15) is 18.0 Å². The molecule has 0 atom stereocenters. The van der Waals surface area contributed by atoms with Crippen molar-refractivity contribution in [3.63, 3.8) is 0 Å². The van der Waals surface area contributed by atoms with Crippen LogP contribution in [0.1, 0.15) is 23.3 Å². The molecule has 0 saturated heterocycles. The van der Waals surface area contributed by atoms with Crippen molar-refractivity contribution in [3.8, 4) is 11.5 Å². The van der Waals surface area contributed by atoms with E-state index in [1.807, 2.05) is 15.1 Å². The van der Waals surface area contributed by atoms with Gasteiger partial charge in [0.1, 0.15) is 11.5 Å². The topological polar surface area (TPSA) is 127 Å². The Labute approximate surface area is 200 Å². The number of carbonyl (C=O) groups excluding carboxylic acids is 1. The van der Waals surface area contributed by atoms with Gasteiger partial charge in [-0.3, -0.25) is 18.9 Å². The van der Waals surface area contributed by atoms with Crippen LogP contribution in [0.3, 0.4) is 0 Å². The van der Waals surface area contributed by atoms with E-state index in [0.29, 0.717) is 28.1 Å². The SMILES string of the molecule is O=C(Nc1ccc(Cl)cn1)c1nc(-c2ccnn2CC2CC2)n2ccncc12.O=C(O)C(F)(F)F. The average molecular weight is 508 g/mol. The number of hydrogen-bond donors (Lipinski definition) is 2. The van der Waals surface area contributed by atoms with Crippen LogP contribution in [0.25, 0.3) is 17.0 Å². The summed E-state index contributed by atoms with van der Waals surface area (Å²) in [7, 11) is 0. The molecule has 1 amide bonds. The number of carboxylic acids is 1. The number of pyridine rings is 1. The number of carboxylic acid groups (broad SMARTS) is 1. The van der Waals surface area contributed by atoms with Crippen LogP contribution in [0.4, 0.5) is 19.0 Å². The smallest absolute Gasteiger partial charge is 0.475 e. The van der Waals surface area contributed by atoms with Crippen LogP contribution in [0, 0.1) is 5.92 Å². The maximum absolute atomic E-state index is 12.9. The molecule has 14 heteroatoms. The largest absolute Gasteiger partial charge is 0.490 e. The molecule has 1 aliphatic carbocycles. The summed E-state index contributed by atoms with van der Waals surface area (Å²) in [6.07, 6.45) is 5.71. The number of carbonyl (C=O) groups is 2. The number of fused-ring (bicyclic) bond motifs is 1. The summed E-state index contributed by atoms with van der Waals surface area (Å²) >= 11 is 5.85. The third-order valence-electron chi connectivity index (χ3n) is 4.95. The van der Waals surface area contributed by atoms with Crippen LogP contribution in [0.2, 0.25) is 5.02 Å². The molecule has 0 aliphatic heterocycles. The molecule has 4 heterocycles. The van der Waals surface area contributed by atoms with Gasteiger partial charge in [0.25, 0.3) is 5.91 Å². The highest BCUT2D eigenvalue weighted by Crippen LogP contribution is 2.32. The molecule has 4 aromatic heterocycles. The highest BCUT2D eigenvalue weighted by atomic mass is 35.5. The van der Waals surface area contributed by atoms with Crippen LogP contribution in [0.15, 0.2) is 49.2 Å². The zero-order valence-electron chi connectivity index (χ0n) is 17.8. The molecule has 5 rings (SSSR count). The molecular formula is C21H17ClF3N7O3. The Morgan fingerprint density at radius 3 is 2.54 bits per heavy atom. The molecule has 0 bridgehead atoms. The number of imidazole rings is 1.